The van der Waals surface area contributed by atoms with Crippen LogP contribution < -0.4 is 10.3 Å². The van der Waals surface area contributed by atoms with Crippen molar-refractivity contribution in [2.24, 2.45) is 0 Å². The molecule has 2 heteroatoms. The molecule has 0 radical (unpaired) electrons. The van der Waals surface area contributed by atoms with Crippen LogP contribution in [0.3, 0.4) is 0 Å². The van der Waals surface area contributed by atoms with Gasteiger partial charge in [0, 0.05) is 17.8 Å². The molecule has 0 amide bonds. The van der Waals surface area contributed by atoms with E-state index in [1.165, 1.54) is 17.6 Å². The Morgan fingerprint density at radius 2 is 1.00 bits per heavy atom. The van der Waals surface area contributed by atoms with Crippen molar-refractivity contribution in [3.63, 3.8) is 0 Å². The largest absolute Gasteiger partial charge is 0.399 e. The molecule has 0 aliphatic rings. The Bertz CT molecular complexity index is 499. The standard InChI is InChI=1S/C7H10N.C6H7N.C6H12.C3H8.2C2H6/c1-2-8-6-4-3-5-7-8;7-6-4-2-1-3-5-6;1-5(2)6(3)4;1-3-2;2*1-2/h3-7H,2H2,1H3;1-5H,7H2;1-4H3;3H2,1-2H3;2*1-2H3/q+1;;;;;. The molecule has 0 saturated heterocycles. The number of rotatable bonds is 1. The van der Waals surface area contributed by atoms with Gasteiger partial charge in [0.05, 0.1) is 0 Å². The second kappa shape index (κ2) is 29.7. The molecule has 2 rings (SSSR count). The average Bonchev–Trinajstić information content (AvgIpc) is 2.73. The topological polar surface area (TPSA) is 29.9 Å². The number of aryl methyl sites for hydroxylation is 1. The van der Waals surface area contributed by atoms with Gasteiger partial charge in [0.15, 0.2) is 12.4 Å². The summed E-state index contributed by atoms with van der Waals surface area (Å²) in [5.74, 6) is 0. The van der Waals surface area contributed by atoms with Crippen LogP contribution in [-0.4, -0.2) is 0 Å². The molecule has 28 heavy (non-hydrogen) atoms. The van der Waals surface area contributed by atoms with Crippen molar-refractivity contribution in [3.8, 4) is 0 Å². The maximum Gasteiger partial charge on any atom is 0.168 e. The Kier molecular flexibility index (Phi) is 35.5. The van der Waals surface area contributed by atoms with Crippen LogP contribution >= 0.6 is 0 Å². The molecule has 162 valence electrons. The van der Waals surface area contributed by atoms with Crippen LogP contribution in [0, 0.1) is 0 Å². The fraction of sp³-hybridized carbons (Fsp3) is 0.500. The van der Waals surface area contributed by atoms with Gasteiger partial charge in [-0.3, -0.25) is 0 Å². The van der Waals surface area contributed by atoms with Crippen LogP contribution in [0.25, 0.3) is 0 Å². The Hall–Kier alpha value is -2.09. The first-order chi connectivity index (χ1) is 13.4. The summed E-state index contributed by atoms with van der Waals surface area (Å²) in [4.78, 5) is 0. The maximum absolute atomic E-state index is 5.36. The third kappa shape index (κ3) is 31.7. The van der Waals surface area contributed by atoms with Gasteiger partial charge in [0.1, 0.15) is 6.54 Å². The summed E-state index contributed by atoms with van der Waals surface area (Å²) in [6, 6.07) is 15.6. The van der Waals surface area contributed by atoms with Crippen LogP contribution in [-0.2, 0) is 6.54 Å². The van der Waals surface area contributed by atoms with Crippen LogP contribution in [0.2, 0.25) is 0 Å². The lowest BCUT2D eigenvalue weighted by Gasteiger charge is -1.88. The molecule has 0 spiro atoms. The number of pyridine rings is 1. The van der Waals surface area contributed by atoms with E-state index in [0.717, 1.165) is 12.2 Å². The SMILES string of the molecule is CC.CC.CC(C)=C(C)C.CCC.CC[n+]1ccccc1.Nc1ccccc1. The van der Waals surface area contributed by atoms with Gasteiger partial charge in [-0.15, -0.1) is 0 Å². The first-order valence-electron chi connectivity index (χ1n) is 10.7. The fourth-order valence-corrected chi connectivity index (χ4v) is 1.10. The summed E-state index contributed by atoms with van der Waals surface area (Å²) >= 11 is 0. The second-order valence-electron chi connectivity index (χ2n) is 5.82. The third-order valence-corrected chi connectivity index (χ3v) is 2.94. The van der Waals surface area contributed by atoms with E-state index in [1.807, 2.05) is 76.2 Å². The average molecular weight is 390 g/mol. The molecule has 1 heterocycles. The van der Waals surface area contributed by atoms with Crippen molar-refractivity contribution in [1.29, 1.82) is 0 Å². The van der Waals surface area contributed by atoms with Crippen molar-refractivity contribution in [2.45, 2.75) is 89.1 Å². The molecule has 0 unspecified atom stereocenters. The molecule has 2 N–H and O–H groups in total. The highest BCUT2D eigenvalue weighted by Gasteiger charge is 1.86. The molecule has 0 aliphatic heterocycles. The molecule has 0 aliphatic carbocycles. The van der Waals surface area contributed by atoms with Gasteiger partial charge in [-0.2, -0.15) is 0 Å². The van der Waals surface area contributed by atoms with E-state index < -0.39 is 0 Å². The van der Waals surface area contributed by atoms with E-state index in [9.17, 15) is 0 Å². The van der Waals surface area contributed by atoms with Crippen molar-refractivity contribution >= 4 is 5.69 Å². The molecule has 2 aromatic rings. The van der Waals surface area contributed by atoms with Gasteiger partial charge in [-0.25, -0.2) is 4.57 Å². The fourth-order valence-electron chi connectivity index (χ4n) is 1.10. The normalized spacial score (nSPS) is 7.54. The van der Waals surface area contributed by atoms with E-state index in [-0.39, 0.29) is 0 Å². The molecular formula is C26H49N2+. The van der Waals surface area contributed by atoms with Crippen molar-refractivity contribution in [1.82, 2.24) is 0 Å². The molecule has 2 nitrogen and oxygen atoms in total. The number of allylic oxidation sites excluding steroid dienone is 2. The lowest BCUT2D eigenvalue weighted by Crippen LogP contribution is -2.30. The zero-order valence-corrected chi connectivity index (χ0v) is 20.7. The first-order valence-corrected chi connectivity index (χ1v) is 10.7. The van der Waals surface area contributed by atoms with Gasteiger partial charge in [0.2, 0.25) is 0 Å². The number of nitrogen functional groups attached to an aromatic ring is 1. The number of aromatic nitrogens is 1. The van der Waals surface area contributed by atoms with Crippen LogP contribution in [0.15, 0.2) is 72.1 Å². The number of para-hydroxylation sites is 1. The smallest absolute Gasteiger partial charge is 0.168 e. The number of hydrogen-bond acceptors (Lipinski definition) is 1. The summed E-state index contributed by atoms with van der Waals surface area (Å²) in [7, 11) is 0. The molecule has 1 aromatic carbocycles. The summed E-state index contributed by atoms with van der Waals surface area (Å²) in [6.45, 7) is 23.9. The molecular weight excluding hydrogens is 340 g/mol. The highest BCUT2D eigenvalue weighted by atomic mass is 14.9. The minimum Gasteiger partial charge on any atom is -0.399 e. The quantitative estimate of drug-likeness (QED) is 0.298. The number of nitrogens with two attached hydrogens (primary N) is 1. The summed E-state index contributed by atoms with van der Waals surface area (Å²) in [5, 5.41) is 0. The number of anilines is 1. The predicted octanol–water partition coefficient (Wildman–Crippen LogP) is 8.09. The Morgan fingerprint density at radius 3 is 1.18 bits per heavy atom. The van der Waals surface area contributed by atoms with E-state index in [0.29, 0.717) is 0 Å². The van der Waals surface area contributed by atoms with E-state index >= 15 is 0 Å². The van der Waals surface area contributed by atoms with Gasteiger partial charge in [-0.05, 0) is 46.8 Å². The highest BCUT2D eigenvalue weighted by Crippen LogP contribution is 1.97. The van der Waals surface area contributed by atoms with Gasteiger partial charge in [-0.1, -0.05) is 83.4 Å². The van der Waals surface area contributed by atoms with Crippen LogP contribution in [0.1, 0.15) is 82.6 Å². The lowest BCUT2D eigenvalue weighted by atomic mass is 10.2. The van der Waals surface area contributed by atoms with E-state index in [2.05, 4.69) is 65.4 Å². The zero-order chi connectivity index (χ0) is 22.8. The molecule has 0 bridgehead atoms. The van der Waals surface area contributed by atoms with E-state index in [1.54, 1.807) is 0 Å². The summed E-state index contributed by atoms with van der Waals surface area (Å²) < 4.78 is 2.12. The number of nitrogens with zero attached hydrogens (tertiary/aromatic N) is 1. The monoisotopic (exact) mass is 389 g/mol. The molecule has 0 fully saturated rings. The number of hydrogen-bond donors (Lipinski definition) is 1. The van der Waals surface area contributed by atoms with Crippen LogP contribution in [0.5, 0.6) is 0 Å². The van der Waals surface area contributed by atoms with Crippen molar-refractivity contribution in [2.75, 3.05) is 5.73 Å². The minimum atomic E-state index is 0.822. The van der Waals surface area contributed by atoms with Crippen molar-refractivity contribution < 1.29 is 4.57 Å². The zero-order valence-electron chi connectivity index (χ0n) is 20.7. The van der Waals surface area contributed by atoms with Crippen molar-refractivity contribution in [3.05, 3.63) is 72.1 Å². The molecule has 1 aromatic heterocycles. The summed E-state index contributed by atoms with van der Waals surface area (Å²) in [5.41, 5.74) is 9.03. The molecule has 0 atom stereocenters. The Balaban J connectivity index is -0.000000134. The lowest BCUT2D eigenvalue weighted by molar-refractivity contribution is -0.693. The Labute approximate surface area is 177 Å². The molecule has 0 saturated carbocycles. The third-order valence-electron chi connectivity index (χ3n) is 2.94. The summed E-state index contributed by atoms with van der Waals surface area (Å²) in [6.07, 6.45) is 5.36. The highest BCUT2D eigenvalue weighted by molar-refractivity contribution is 5.35. The first kappa shape index (κ1) is 33.5. The van der Waals surface area contributed by atoms with Gasteiger partial charge < -0.3 is 5.73 Å². The van der Waals surface area contributed by atoms with Gasteiger partial charge >= 0.3 is 0 Å². The predicted molar refractivity (Wildman–Crippen MR) is 132 cm³/mol. The van der Waals surface area contributed by atoms with E-state index in [4.69, 9.17) is 5.73 Å². The minimum absolute atomic E-state index is 0.822. The maximum atomic E-state index is 5.36. The second-order valence-corrected chi connectivity index (χ2v) is 5.82. The van der Waals surface area contributed by atoms with Crippen LogP contribution in [0.4, 0.5) is 5.69 Å². The number of benzene rings is 1. The Morgan fingerprint density at radius 1 is 0.679 bits per heavy atom. The van der Waals surface area contributed by atoms with Gasteiger partial charge in [0.25, 0.3) is 0 Å².